The van der Waals surface area contributed by atoms with Crippen LogP contribution in [0.5, 0.6) is 0 Å². The maximum atomic E-state index is 5.30. The lowest BCUT2D eigenvalue weighted by Gasteiger charge is -2.17. The van der Waals surface area contributed by atoms with E-state index in [-0.39, 0.29) is 0 Å². The van der Waals surface area contributed by atoms with Gasteiger partial charge in [-0.05, 0) is 33.1 Å². The monoisotopic (exact) mass is 253 g/mol. The molecular weight excluding hydrogens is 226 g/mol. The molecule has 0 aromatic heterocycles. The molecule has 4 nitrogen and oxygen atoms in total. The number of hydrogen-bond donors (Lipinski definition) is 2. The molecule has 0 radical (unpaired) electrons. The molecule has 0 saturated carbocycles. The molecule has 0 fully saturated rings. The van der Waals surface area contributed by atoms with E-state index >= 15 is 0 Å². The van der Waals surface area contributed by atoms with Crippen LogP contribution in [-0.2, 0) is 4.74 Å². The first kappa shape index (κ1) is 15.0. The van der Waals surface area contributed by atoms with Gasteiger partial charge in [-0.1, -0.05) is 18.6 Å². The van der Waals surface area contributed by atoms with Crippen LogP contribution in [0.15, 0.2) is 16.6 Å². The third-order valence-corrected chi connectivity index (χ3v) is 3.10. The van der Waals surface area contributed by atoms with Crippen LogP contribution in [0, 0.1) is 0 Å². The van der Waals surface area contributed by atoms with E-state index in [1.54, 1.807) is 0 Å². The maximum absolute atomic E-state index is 5.30. The van der Waals surface area contributed by atoms with Crippen molar-refractivity contribution in [3.05, 3.63) is 11.6 Å². The minimum atomic E-state index is 0.463. The van der Waals surface area contributed by atoms with E-state index < -0.39 is 0 Å². The molecule has 1 atom stereocenters. The number of hydrogen-bond acceptors (Lipinski definition) is 2. The smallest absolute Gasteiger partial charge is 0.191 e. The Balaban J connectivity index is 2.36. The van der Waals surface area contributed by atoms with Crippen molar-refractivity contribution in [1.29, 1.82) is 0 Å². The Labute approximate surface area is 111 Å². The van der Waals surface area contributed by atoms with Crippen LogP contribution in [0.4, 0.5) is 0 Å². The van der Waals surface area contributed by atoms with Crippen molar-refractivity contribution in [2.45, 2.75) is 46.1 Å². The minimum Gasteiger partial charge on any atom is -0.377 e. The summed E-state index contributed by atoms with van der Waals surface area (Å²) in [7, 11) is 0. The lowest BCUT2D eigenvalue weighted by atomic mass is 10.1. The highest BCUT2D eigenvalue weighted by Gasteiger charge is 2.04. The van der Waals surface area contributed by atoms with Gasteiger partial charge in [0.2, 0.25) is 0 Å². The van der Waals surface area contributed by atoms with E-state index in [4.69, 9.17) is 4.74 Å². The third-order valence-electron chi connectivity index (χ3n) is 3.10. The summed E-state index contributed by atoms with van der Waals surface area (Å²) in [6.45, 7) is 9.82. The zero-order chi connectivity index (χ0) is 13.2. The summed E-state index contributed by atoms with van der Waals surface area (Å²) in [6.07, 6.45) is 5.40. The van der Waals surface area contributed by atoms with Crippen LogP contribution >= 0.6 is 0 Å². The highest BCUT2D eigenvalue weighted by Crippen LogP contribution is 2.11. The molecule has 0 aromatic carbocycles. The summed E-state index contributed by atoms with van der Waals surface area (Å²) in [4.78, 5) is 4.61. The summed E-state index contributed by atoms with van der Waals surface area (Å²) >= 11 is 0. The van der Waals surface area contributed by atoms with Crippen LogP contribution in [0.3, 0.4) is 0 Å². The average Bonchev–Trinajstić information content (AvgIpc) is 2.40. The van der Waals surface area contributed by atoms with Gasteiger partial charge in [0, 0.05) is 19.1 Å². The Morgan fingerprint density at radius 3 is 2.94 bits per heavy atom. The van der Waals surface area contributed by atoms with Crippen molar-refractivity contribution in [3.63, 3.8) is 0 Å². The van der Waals surface area contributed by atoms with Crippen LogP contribution < -0.4 is 10.6 Å². The second-order valence-corrected chi connectivity index (χ2v) is 4.65. The van der Waals surface area contributed by atoms with Gasteiger partial charge in [0.15, 0.2) is 5.96 Å². The van der Waals surface area contributed by atoms with Crippen LogP contribution in [0.1, 0.15) is 40.0 Å². The fourth-order valence-corrected chi connectivity index (χ4v) is 1.76. The van der Waals surface area contributed by atoms with E-state index in [1.165, 1.54) is 5.57 Å². The summed E-state index contributed by atoms with van der Waals surface area (Å²) in [5.41, 5.74) is 1.48. The topological polar surface area (TPSA) is 45.7 Å². The highest BCUT2D eigenvalue weighted by atomic mass is 16.5. The van der Waals surface area contributed by atoms with Crippen molar-refractivity contribution in [2.75, 3.05) is 26.3 Å². The van der Waals surface area contributed by atoms with Crippen LogP contribution in [0.2, 0.25) is 0 Å². The van der Waals surface area contributed by atoms with Gasteiger partial charge in [0.05, 0.1) is 13.2 Å². The standard InChI is InChI=1S/C14H27N3O/c1-4-12(3)17-14(15-5-2)16-9-6-13-7-10-18-11-8-13/h7,12H,4-6,8-11H2,1-3H3,(H2,15,16,17). The molecule has 104 valence electrons. The lowest BCUT2D eigenvalue weighted by molar-refractivity contribution is 0.153. The predicted molar refractivity (Wildman–Crippen MR) is 77.0 cm³/mol. The number of ether oxygens (including phenoxy) is 1. The number of nitrogens with one attached hydrogen (secondary N) is 2. The molecule has 1 rings (SSSR count). The normalized spacial score (nSPS) is 18.2. The molecule has 0 amide bonds. The quantitative estimate of drug-likeness (QED) is 0.433. The fourth-order valence-electron chi connectivity index (χ4n) is 1.76. The Morgan fingerprint density at radius 2 is 2.33 bits per heavy atom. The molecule has 2 N–H and O–H groups in total. The third kappa shape index (κ3) is 6.05. The minimum absolute atomic E-state index is 0.463. The lowest BCUT2D eigenvalue weighted by Crippen LogP contribution is -2.42. The maximum Gasteiger partial charge on any atom is 0.191 e. The van der Waals surface area contributed by atoms with E-state index in [9.17, 15) is 0 Å². The zero-order valence-corrected chi connectivity index (χ0v) is 12.0. The second kappa shape index (κ2) is 8.97. The van der Waals surface area contributed by atoms with Crippen molar-refractivity contribution < 1.29 is 4.74 Å². The summed E-state index contributed by atoms with van der Waals surface area (Å²) < 4.78 is 5.30. The van der Waals surface area contributed by atoms with E-state index in [1.807, 2.05) is 0 Å². The Bertz CT molecular complexity index is 287. The van der Waals surface area contributed by atoms with Crippen molar-refractivity contribution in [1.82, 2.24) is 10.6 Å². The van der Waals surface area contributed by atoms with Gasteiger partial charge < -0.3 is 15.4 Å². The van der Waals surface area contributed by atoms with E-state index in [2.05, 4.69) is 42.5 Å². The van der Waals surface area contributed by atoms with Gasteiger partial charge in [0.1, 0.15) is 0 Å². The second-order valence-electron chi connectivity index (χ2n) is 4.65. The Morgan fingerprint density at radius 1 is 1.50 bits per heavy atom. The highest BCUT2D eigenvalue weighted by molar-refractivity contribution is 5.80. The molecule has 4 heteroatoms. The first-order chi connectivity index (χ1) is 8.76. The Kier molecular flexibility index (Phi) is 7.49. The van der Waals surface area contributed by atoms with E-state index in [0.29, 0.717) is 6.04 Å². The molecule has 0 aliphatic carbocycles. The largest absolute Gasteiger partial charge is 0.377 e. The van der Waals surface area contributed by atoms with Crippen LogP contribution in [0.25, 0.3) is 0 Å². The number of nitrogens with zero attached hydrogens (tertiary/aromatic N) is 1. The number of aliphatic imine (C=N–C) groups is 1. The molecule has 1 aliphatic heterocycles. The first-order valence-electron chi connectivity index (χ1n) is 7.06. The van der Waals surface area contributed by atoms with Gasteiger partial charge in [0.25, 0.3) is 0 Å². The van der Waals surface area contributed by atoms with Gasteiger partial charge >= 0.3 is 0 Å². The fraction of sp³-hybridized carbons (Fsp3) is 0.786. The van der Waals surface area contributed by atoms with Gasteiger partial charge in [-0.15, -0.1) is 0 Å². The SMILES string of the molecule is CCNC(=NCCC1=CCOCC1)NC(C)CC. The molecule has 1 unspecified atom stereocenters. The van der Waals surface area contributed by atoms with Gasteiger partial charge in [-0.3, -0.25) is 4.99 Å². The molecule has 1 aliphatic rings. The molecular formula is C14H27N3O. The van der Waals surface area contributed by atoms with E-state index in [0.717, 1.165) is 51.5 Å². The number of rotatable bonds is 6. The summed E-state index contributed by atoms with van der Waals surface area (Å²) in [5, 5.41) is 6.68. The molecule has 18 heavy (non-hydrogen) atoms. The van der Waals surface area contributed by atoms with Gasteiger partial charge in [-0.25, -0.2) is 0 Å². The van der Waals surface area contributed by atoms with Crippen molar-refractivity contribution in [3.8, 4) is 0 Å². The number of guanidine groups is 1. The van der Waals surface area contributed by atoms with Crippen molar-refractivity contribution in [2.24, 2.45) is 4.99 Å². The first-order valence-corrected chi connectivity index (χ1v) is 7.06. The van der Waals surface area contributed by atoms with Gasteiger partial charge in [-0.2, -0.15) is 0 Å². The molecule has 0 spiro atoms. The van der Waals surface area contributed by atoms with Crippen molar-refractivity contribution >= 4 is 5.96 Å². The van der Waals surface area contributed by atoms with Crippen LogP contribution in [-0.4, -0.2) is 38.3 Å². The molecule has 1 heterocycles. The molecule has 0 saturated heterocycles. The summed E-state index contributed by atoms with van der Waals surface area (Å²) in [5.74, 6) is 0.930. The molecule has 0 aromatic rings. The zero-order valence-electron chi connectivity index (χ0n) is 12.0. The Hall–Kier alpha value is -1.03. The summed E-state index contributed by atoms with van der Waals surface area (Å²) in [6, 6.07) is 0.463. The predicted octanol–water partition coefficient (Wildman–Crippen LogP) is 2.08. The average molecular weight is 253 g/mol. The molecule has 0 bridgehead atoms.